The molecule has 0 saturated heterocycles. The van der Waals surface area contributed by atoms with Crippen molar-refractivity contribution in [2.24, 2.45) is 0 Å². The molecule has 94 valence electrons. The first-order valence-corrected chi connectivity index (χ1v) is 6.28. The minimum atomic E-state index is -0.540. The molecule has 2 aromatic carbocycles. The van der Waals surface area contributed by atoms with Crippen LogP contribution in [0.5, 0.6) is 0 Å². The van der Waals surface area contributed by atoms with E-state index in [0.717, 1.165) is 16.8 Å². The van der Waals surface area contributed by atoms with Crippen LogP contribution >= 0.6 is 11.6 Å². The van der Waals surface area contributed by atoms with Gasteiger partial charge in [-0.25, -0.2) is 0 Å². The molecule has 2 rings (SSSR count). The number of nitrogens with one attached hydrogen (secondary N) is 1. The summed E-state index contributed by atoms with van der Waals surface area (Å²) >= 11 is 6.11. The van der Waals surface area contributed by atoms with Gasteiger partial charge in [0.1, 0.15) is 0 Å². The van der Waals surface area contributed by atoms with Gasteiger partial charge in [0.15, 0.2) is 0 Å². The standard InChI is InChI=1S/C15H16ClNO/c1-11-6-5-9-13(16)15(11)17-10-14(18)12-7-3-2-4-8-12/h2-9,14,17-18H,10H2,1H3. The molecule has 0 heterocycles. The number of aryl methyl sites for hydroxylation is 1. The maximum Gasteiger partial charge on any atom is 0.0962 e. The van der Waals surface area contributed by atoms with Crippen molar-refractivity contribution >= 4 is 17.3 Å². The van der Waals surface area contributed by atoms with E-state index in [-0.39, 0.29) is 0 Å². The van der Waals surface area contributed by atoms with Crippen LogP contribution in [0.4, 0.5) is 5.69 Å². The molecule has 1 unspecified atom stereocenters. The summed E-state index contributed by atoms with van der Waals surface area (Å²) in [6.07, 6.45) is -0.540. The molecule has 0 spiro atoms. The second kappa shape index (κ2) is 5.89. The third kappa shape index (κ3) is 3.03. The Kier molecular flexibility index (Phi) is 4.24. The summed E-state index contributed by atoms with van der Waals surface area (Å²) in [4.78, 5) is 0. The van der Waals surface area contributed by atoms with Crippen LogP contribution in [0.25, 0.3) is 0 Å². The molecule has 0 amide bonds. The van der Waals surface area contributed by atoms with Crippen LogP contribution < -0.4 is 5.32 Å². The molecule has 0 fully saturated rings. The predicted molar refractivity (Wildman–Crippen MR) is 76.1 cm³/mol. The van der Waals surface area contributed by atoms with E-state index in [1.165, 1.54) is 0 Å². The highest BCUT2D eigenvalue weighted by atomic mass is 35.5. The molecular formula is C15H16ClNO. The molecule has 0 aromatic heterocycles. The Morgan fingerprint density at radius 2 is 1.83 bits per heavy atom. The SMILES string of the molecule is Cc1cccc(Cl)c1NCC(O)c1ccccc1. The summed E-state index contributed by atoms with van der Waals surface area (Å²) in [5.41, 5.74) is 2.85. The topological polar surface area (TPSA) is 32.3 Å². The highest BCUT2D eigenvalue weighted by Gasteiger charge is 2.08. The van der Waals surface area contributed by atoms with Gasteiger partial charge in [-0.2, -0.15) is 0 Å². The Labute approximate surface area is 112 Å². The highest BCUT2D eigenvalue weighted by Crippen LogP contribution is 2.26. The highest BCUT2D eigenvalue weighted by molar-refractivity contribution is 6.33. The zero-order valence-electron chi connectivity index (χ0n) is 10.2. The first kappa shape index (κ1) is 12.9. The number of anilines is 1. The second-order valence-electron chi connectivity index (χ2n) is 4.24. The van der Waals surface area contributed by atoms with Gasteiger partial charge in [-0.3, -0.25) is 0 Å². The quantitative estimate of drug-likeness (QED) is 0.878. The first-order valence-electron chi connectivity index (χ1n) is 5.90. The number of hydrogen-bond donors (Lipinski definition) is 2. The normalized spacial score (nSPS) is 12.2. The average molecular weight is 262 g/mol. The molecule has 0 saturated carbocycles. The van der Waals surface area contributed by atoms with Crippen LogP contribution in [0.2, 0.25) is 5.02 Å². The fourth-order valence-corrected chi connectivity index (χ4v) is 2.14. The first-order chi connectivity index (χ1) is 8.68. The Morgan fingerprint density at radius 1 is 1.11 bits per heavy atom. The van der Waals surface area contributed by atoms with Crippen molar-refractivity contribution in [2.45, 2.75) is 13.0 Å². The largest absolute Gasteiger partial charge is 0.387 e. The van der Waals surface area contributed by atoms with Crippen molar-refractivity contribution in [1.82, 2.24) is 0 Å². The predicted octanol–water partition coefficient (Wildman–Crippen LogP) is 3.79. The summed E-state index contributed by atoms with van der Waals surface area (Å²) in [6, 6.07) is 15.3. The number of aliphatic hydroxyl groups is 1. The van der Waals surface area contributed by atoms with Gasteiger partial charge in [0, 0.05) is 6.54 Å². The molecule has 1 atom stereocenters. The molecule has 3 heteroatoms. The van der Waals surface area contributed by atoms with Crippen LogP contribution in [0, 0.1) is 6.92 Å². The van der Waals surface area contributed by atoms with Gasteiger partial charge >= 0.3 is 0 Å². The zero-order chi connectivity index (χ0) is 13.0. The molecule has 0 aliphatic rings. The minimum absolute atomic E-state index is 0.439. The van der Waals surface area contributed by atoms with E-state index in [1.54, 1.807) is 0 Å². The van der Waals surface area contributed by atoms with E-state index in [4.69, 9.17) is 11.6 Å². The summed E-state index contributed by atoms with van der Waals surface area (Å²) in [6.45, 7) is 2.43. The lowest BCUT2D eigenvalue weighted by atomic mass is 10.1. The molecule has 2 nitrogen and oxygen atoms in total. The molecular weight excluding hydrogens is 246 g/mol. The van der Waals surface area contributed by atoms with Gasteiger partial charge in [0.2, 0.25) is 0 Å². The second-order valence-corrected chi connectivity index (χ2v) is 4.65. The van der Waals surface area contributed by atoms with Crippen molar-refractivity contribution in [3.05, 3.63) is 64.7 Å². The zero-order valence-corrected chi connectivity index (χ0v) is 11.0. The summed E-state index contributed by atoms with van der Waals surface area (Å²) in [7, 11) is 0. The van der Waals surface area contributed by atoms with Crippen molar-refractivity contribution in [3.8, 4) is 0 Å². The summed E-state index contributed by atoms with van der Waals surface area (Å²) < 4.78 is 0. The smallest absolute Gasteiger partial charge is 0.0962 e. The molecule has 18 heavy (non-hydrogen) atoms. The van der Waals surface area contributed by atoms with Gasteiger partial charge in [0.25, 0.3) is 0 Å². The average Bonchev–Trinajstić information content (AvgIpc) is 2.39. The van der Waals surface area contributed by atoms with Crippen molar-refractivity contribution < 1.29 is 5.11 Å². The maximum absolute atomic E-state index is 10.1. The van der Waals surface area contributed by atoms with Gasteiger partial charge in [0.05, 0.1) is 16.8 Å². The van der Waals surface area contributed by atoms with Crippen molar-refractivity contribution in [3.63, 3.8) is 0 Å². The molecule has 2 N–H and O–H groups in total. The van der Waals surface area contributed by atoms with Crippen LogP contribution in [0.1, 0.15) is 17.2 Å². The third-order valence-electron chi connectivity index (χ3n) is 2.88. The monoisotopic (exact) mass is 261 g/mol. The Balaban J connectivity index is 2.04. The van der Waals surface area contributed by atoms with E-state index in [2.05, 4.69) is 5.32 Å². The van der Waals surface area contributed by atoms with E-state index >= 15 is 0 Å². The molecule has 0 bridgehead atoms. The van der Waals surface area contributed by atoms with Crippen molar-refractivity contribution in [1.29, 1.82) is 0 Å². The van der Waals surface area contributed by atoms with Gasteiger partial charge < -0.3 is 10.4 Å². The van der Waals surface area contributed by atoms with Gasteiger partial charge in [-0.05, 0) is 24.1 Å². The molecule has 0 aliphatic heterocycles. The summed E-state index contributed by atoms with van der Waals surface area (Å²) in [5.74, 6) is 0. The lowest BCUT2D eigenvalue weighted by molar-refractivity contribution is 0.191. The molecule has 2 aromatic rings. The van der Waals surface area contributed by atoms with E-state index < -0.39 is 6.10 Å². The van der Waals surface area contributed by atoms with E-state index in [9.17, 15) is 5.11 Å². The summed E-state index contributed by atoms with van der Waals surface area (Å²) in [5, 5.41) is 13.9. The Hall–Kier alpha value is -1.51. The maximum atomic E-state index is 10.1. The van der Waals surface area contributed by atoms with Crippen LogP contribution in [-0.2, 0) is 0 Å². The van der Waals surface area contributed by atoms with E-state index in [1.807, 2.05) is 55.5 Å². The number of para-hydroxylation sites is 1. The fourth-order valence-electron chi connectivity index (χ4n) is 1.85. The number of hydrogen-bond acceptors (Lipinski definition) is 2. The lowest BCUT2D eigenvalue weighted by Gasteiger charge is -2.15. The molecule has 0 radical (unpaired) electrons. The number of rotatable bonds is 4. The third-order valence-corrected chi connectivity index (χ3v) is 3.19. The number of halogens is 1. The van der Waals surface area contributed by atoms with Gasteiger partial charge in [-0.15, -0.1) is 0 Å². The van der Waals surface area contributed by atoms with Crippen molar-refractivity contribution in [2.75, 3.05) is 11.9 Å². The van der Waals surface area contributed by atoms with Gasteiger partial charge in [-0.1, -0.05) is 54.1 Å². The van der Waals surface area contributed by atoms with Crippen LogP contribution in [0.15, 0.2) is 48.5 Å². The number of benzene rings is 2. The fraction of sp³-hybridized carbons (Fsp3) is 0.200. The minimum Gasteiger partial charge on any atom is -0.387 e. The van der Waals surface area contributed by atoms with E-state index in [0.29, 0.717) is 11.6 Å². The molecule has 0 aliphatic carbocycles. The number of aliphatic hydroxyl groups excluding tert-OH is 1. The lowest BCUT2D eigenvalue weighted by Crippen LogP contribution is -2.13. The van der Waals surface area contributed by atoms with Crippen LogP contribution in [0.3, 0.4) is 0 Å². The Morgan fingerprint density at radius 3 is 2.50 bits per heavy atom. The Bertz CT molecular complexity index is 493. The van der Waals surface area contributed by atoms with Crippen LogP contribution in [-0.4, -0.2) is 11.7 Å².